The van der Waals surface area contributed by atoms with E-state index < -0.39 is 5.97 Å². The number of nitrogens with zero attached hydrogens (tertiary/aromatic N) is 1. The molecule has 0 saturated heterocycles. The van der Waals surface area contributed by atoms with Crippen molar-refractivity contribution in [3.63, 3.8) is 0 Å². The number of benzene rings is 1. The van der Waals surface area contributed by atoms with Gasteiger partial charge in [-0.15, -0.1) is 0 Å². The largest absolute Gasteiger partial charge is 0.478 e. The van der Waals surface area contributed by atoms with Crippen LogP contribution in [0.25, 0.3) is 0 Å². The molecule has 1 aromatic heterocycles. The highest BCUT2D eigenvalue weighted by molar-refractivity contribution is 7.99. The normalized spacial score (nSPS) is 10.8. The lowest BCUT2D eigenvalue weighted by Crippen LogP contribution is -2.12. The van der Waals surface area contributed by atoms with Gasteiger partial charge in [-0.2, -0.15) is 0 Å². The first kappa shape index (κ1) is 14.3. The van der Waals surface area contributed by atoms with Crippen LogP contribution in [0.15, 0.2) is 45.0 Å². The van der Waals surface area contributed by atoms with Crippen LogP contribution in [0.1, 0.15) is 35.9 Å². The maximum Gasteiger partial charge on any atom is 0.336 e. The van der Waals surface area contributed by atoms with Crippen LogP contribution < -0.4 is 5.56 Å². The van der Waals surface area contributed by atoms with Crippen LogP contribution in [0.5, 0.6) is 0 Å². The van der Waals surface area contributed by atoms with Crippen molar-refractivity contribution in [2.24, 2.45) is 0 Å². The standard InChI is InChI=1S/C14H14N2O3S/c1-8(2)13-15-11(17)7-12(16-13)20-10-6-4-3-5-9(10)14(18)19/h3-8H,1-2H3,(H,18,19)(H,15,16,17). The molecule has 0 aliphatic rings. The molecule has 5 nitrogen and oxygen atoms in total. The van der Waals surface area contributed by atoms with Crippen LogP contribution >= 0.6 is 11.8 Å². The highest BCUT2D eigenvalue weighted by Crippen LogP contribution is 2.28. The van der Waals surface area contributed by atoms with Gasteiger partial charge in [-0.3, -0.25) is 4.79 Å². The lowest BCUT2D eigenvalue weighted by molar-refractivity contribution is 0.0693. The molecule has 0 spiro atoms. The van der Waals surface area contributed by atoms with E-state index in [2.05, 4.69) is 9.97 Å². The van der Waals surface area contributed by atoms with Gasteiger partial charge in [-0.1, -0.05) is 37.7 Å². The number of carboxylic acid groups (broad SMARTS) is 1. The summed E-state index contributed by atoms with van der Waals surface area (Å²) in [7, 11) is 0. The first-order chi connectivity index (χ1) is 9.47. The Kier molecular flexibility index (Phi) is 4.24. The van der Waals surface area contributed by atoms with Crippen LogP contribution in [-0.4, -0.2) is 21.0 Å². The van der Waals surface area contributed by atoms with Crippen molar-refractivity contribution >= 4 is 17.7 Å². The number of rotatable bonds is 4. The quantitative estimate of drug-likeness (QED) is 0.846. The molecule has 1 aromatic carbocycles. The number of aromatic nitrogens is 2. The molecule has 0 amide bonds. The molecule has 0 fully saturated rings. The highest BCUT2D eigenvalue weighted by atomic mass is 32.2. The average Bonchev–Trinajstić information content (AvgIpc) is 2.38. The van der Waals surface area contributed by atoms with E-state index in [-0.39, 0.29) is 17.0 Å². The van der Waals surface area contributed by atoms with Gasteiger partial charge in [0.1, 0.15) is 10.9 Å². The number of aromatic carboxylic acids is 1. The second kappa shape index (κ2) is 5.92. The molecule has 20 heavy (non-hydrogen) atoms. The molecule has 0 saturated carbocycles. The lowest BCUT2D eigenvalue weighted by atomic mass is 10.2. The van der Waals surface area contributed by atoms with E-state index in [1.165, 1.54) is 23.9 Å². The molecule has 2 aromatic rings. The summed E-state index contributed by atoms with van der Waals surface area (Å²) in [6.45, 7) is 3.86. The third-order valence-electron chi connectivity index (χ3n) is 2.62. The molecular weight excluding hydrogens is 276 g/mol. The summed E-state index contributed by atoms with van der Waals surface area (Å²) in [4.78, 5) is 30.3. The third kappa shape index (κ3) is 3.27. The van der Waals surface area contributed by atoms with Gasteiger partial charge in [-0.05, 0) is 12.1 Å². The molecule has 2 N–H and O–H groups in total. The van der Waals surface area contributed by atoms with Gasteiger partial charge in [0, 0.05) is 16.9 Å². The van der Waals surface area contributed by atoms with Crippen molar-refractivity contribution in [3.05, 3.63) is 52.1 Å². The van der Waals surface area contributed by atoms with Crippen molar-refractivity contribution in [3.8, 4) is 0 Å². The Labute approximate surface area is 120 Å². The summed E-state index contributed by atoms with van der Waals surface area (Å²) in [5, 5.41) is 9.63. The Hall–Kier alpha value is -2.08. The Bertz CT molecular complexity index is 695. The van der Waals surface area contributed by atoms with E-state index in [4.69, 9.17) is 5.11 Å². The minimum Gasteiger partial charge on any atom is -0.478 e. The lowest BCUT2D eigenvalue weighted by Gasteiger charge is -2.08. The number of H-pyrrole nitrogens is 1. The van der Waals surface area contributed by atoms with Crippen LogP contribution in [0.2, 0.25) is 0 Å². The van der Waals surface area contributed by atoms with Crippen LogP contribution in [0, 0.1) is 0 Å². The summed E-state index contributed by atoms with van der Waals surface area (Å²) in [6, 6.07) is 8.02. The first-order valence-electron chi connectivity index (χ1n) is 6.09. The van der Waals surface area contributed by atoms with Gasteiger partial charge in [0.25, 0.3) is 5.56 Å². The molecule has 104 valence electrons. The Morgan fingerprint density at radius 2 is 2.05 bits per heavy atom. The molecule has 1 heterocycles. The van der Waals surface area contributed by atoms with Gasteiger partial charge >= 0.3 is 5.97 Å². The smallest absolute Gasteiger partial charge is 0.336 e. The van der Waals surface area contributed by atoms with E-state index in [9.17, 15) is 9.59 Å². The summed E-state index contributed by atoms with van der Waals surface area (Å²) >= 11 is 1.18. The van der Waals surface area contributed by atoms with Gasteiger partial charge in [0.15, 0.2) is 0 Å². The van der Waals surface area contributed by atoms with Gasteiger partial charge < -0.3 is 10.1 Å². The zero-order valence-corrected chi connectivity index (χ0v) is 11.9. The van der Waals surface area contributed by atoms with Crippen LogP contribution in [-0.2, 0) is 0 Å². The van der Waals surface area contributed by atoms with E-state index in [0.29, 0.717) is 15.7 Å². The minimum atomic E-state index is -0.998. The van der Waals surface area contributed by atoms with E-state index >= 15 is 0 Å². The highest BCUT2D eigenvalue weighted by Gasteiger charge is 2.12. The molecule has 0 aliphatic carbocycles. The molecule has 0 unspecified atom stereocenters. The number of hydrogen-bond acceptors (Lipinski definition) is 4. The van der Waals surface area contributed by atoms with E-state index in [1.807, 2.05) is 13.8 Å². The first-order valence-corrected chi connectivity index (χ1v) is 6.90. The van der Waals surface area contributed by atoms with Crippen molar-refractivity contribution in [2.45, 2.75) is 29.7 Å². The average molecular weight is 290 g/mol. The second-order valence-corrected chi connectivity index (χ2v) is 5.59. The third-order valence-corrected chi connectivity index (χ3v) is 3.61. The van der Waals surface area contributed by atoms with Crippen LogP contribution in [0.3, 0.4) is 0 Å². The Balaban J connectivity index is 2.40. The Morgan fingerprint density at radius 1 is 1.35 bits per heavy atom. The Morgan fingerprint density at radius 3 is 2.70 bits per heavy atom. The molecule has 6 heteroatoms. The SMILES string of the molecule is CC(C)c1nc(Sc2ccccc2C(=O)O)cc(=O)[nH]1. The summed E-state index contributed by atoms with van der Waals surface area (Å²) in [5.41, 5.74) is -0.0373. The molecule has 0 bridgehead atoms. The van der Waals surface area contributed by atoms with Crippen molar-refractivity contribution in [2.75, 3.05) is 0 Å². The van der Waals surface area contributed by atoms with Gasteiger partial charge in [-0.25, -0.2) is 9.78 Å². The molecular formula is C14H14N2O3S. The molecule has 0 radical (unpaired) electrons. The molecule has 2 rings (SSSR count). The summed E-state index contributed by atoms with van der Waals surface area (Å²) < 4.78 is 0. The van der Waals surface area contributed by atoms with Crippen LogP contribution in [0.4, 0.5) is 0 Å². The monoisotopic (exact) mass is 290 g/mol. The maximum atomic E-state index is 11.6. The fraction of sp³-hybridized carbons (Fsp3) is 0.214. The topological polar surface area (TPSA) is 83.0 Å². The predicted octanol–water partition coefficient (Wildman–Crippen LogP) is 2.74. The van der Waals surface area contributed by atoms with E-state index in [0.717, 1.165) is 0 Å². The maximum absolute atomic E-state index is 11.6. The number of carbonyl (C=O) groups is 1. The van der Waals surface area contributed by atoms with Crippen molar-refractivity contribution in [1.29, 1.82) is 0 Å². The number of carboxylic acids is 1. The number of hydrogen-bond donors (Lipinski definition) is 2. The predicted molar refractivity (Wildman–Crippen MR) is 76.5 cm³/mol. The van der Waals surface area contributed by atoms with Crippen molar-refractivity contribution < 1.29 is 9.90 Å². The molecule has 0 atom stereocenters. The molecule has 0 aliphatic heterocycles. The fourth-order valence-corrected chi connectivity index (χ4v) is 2.57. The zero-order valence-electron chi connectivity index (χ0n) is 11.1. The number of nitrogens with one attached hydrogen (secondary N) is 1. The minimum absolute atomic E-state index is 0.0953. The van der Waals surface area contributed by atoms with E-state index in [1.54, 1.807) is 18.2 Å². The zero-order chi connectivity index (χ0) is 14.7. The number of aromatic amines is 1. The summed E-state index contributed by atoms with van der Waals surface area (Å²) in [5.74, 6) is -0.312. The fourth-order valence-electron chi connectivity index (χ4n) is 1.62. The van der Waals surface area contributed by atoms with Gasteiger partial charge in [0.2, 0.25) is 0 Å². The van der Waals surface area contributed by atoms with Crippen molar-refractivity contribution in [1.82, 2.24) is 9.97 Å². The second-order valence-electron chi connectivity index (χ2n) is 4.53. The van der Waals surface area contributed by atoms with Gasteiger partial charge in [0.05, 0.1) is 5.56 Å². The summed E-state index contributed by atoms with van der Waals surface area (Å²) in [6.07, 6.45) is 0.